The molecule has 114 valence electrons. The Hall–Kier alpha value is -1.34. The molecule has 0 unspecified atom stereocenters. The lowest BCUT2D eigenvalue weighted by molar-refractivity contribution is -0.187. The summed E-state index contributed by atoms with van der Waals surface area (Å²) in [5.41, 5.74) is 0.800. The van der Waals surface area contributed by atoms with E-state index in [0.717, 1.165) is 10.7 Å². The zero-order valence-electron chi connectivity index (χ0n) is 11.3. The highest BCUT2D eigenvalue weighted by atomic mass is 32.1. The van der Waals surface area contributed by atoms with E-state index in [4.69, 9.17) is 4.42 Å². The molecule has 1 atom stereocenters. The molecule has 0 radical (unpaired) electrons. The van der Waals surface area contributed by atoms with Crippen molar-refractivity contribution in [3.8, 4) is 10.8 Å². The topological polar surface area (TPSA) is 29.3 Å². The standard InChI is InChI=1S/C14H15F3N2OS/c15-14(16,17)10-3-1-5-19(7-10)8-11-9-21-13(18-11)12-4-2-6-20-12/h2,4,6,9-10H,1,3,5,7-8H2/t10-/m0/s1. The van der Waals surface area contributed by atoms with Crippen LogP contribution in [0.3, 0.4) is 0 Å². The van der Waals surface area contributed by atoms with Gasteiger partial charge in [-0.3, -0.25) is 4.90 Å². The summed E-state index contributed by atoms with van der Waals surface area (Å²) in [4.78, 5) is 6.27. The maximum Gasteiger partial charge on any atom is 0.393 e. The summed E-state index contributed by atoms with van der Waals surface area (Å²) in [7, 11) is 0. The Kier molecular flexibility index (Phi) is 4.03. The van der Waals surface area contributed by atoms with Crippen LogP contribution in [0.5, 0.6) is 0 Å². The monoisotopic (exact) mass is 316 g/mol. The van der Waals surface area contributed by atoms with Crippen LogP contribution in [-0.2, 0) is 6.54 Å². The van der Waals surface area contributed by atoms with Gasteiger partial charge in [-0.15, -0.1) is 11.3 Å². The molecule has 3 heterocycles. The molecule has 2 aromatic rings. The van der Waals surface area contributed by atoms with Crippen molar-refractivity contribution >= 4 is 11.3 Å². The number of likely N-dealkylation sites (tertiary alicyclic amines) is 1. The average Bonchev–Trinajstić information content (AvgIpc) is 3.08. The lowest BCUT2D eigenvalue weighted by atomic mass is 9.97. The molecule has 0 bridgehead atoms. The fourth-order valence-electron chi connectivity index (χ4n) is 2.59. The number of thiazole rings is 1. The first kappa shape index (κ1) is 14.6. The molecule has 0 spiro atoms. The predicted molar refractivity (Wildman–Crippen MR) is 73.9 cm³/mol. The van der Waals surface area contributed by atoms with Crippen molar-refractivity contribution in [3.63, 3.8) is 0 Å². The van der Waals surface area contributed by atoms with Crippen molar-refractivity contribution < 1.29 is 17.6 Å². The third-order valence-corrected chi connectivity index (χ3v) is 4.54. The molecular formula is C14H15F3N2OS. The van der Waals surface area contributed by atoms with Gasteiger partial charge in [0.1, 0.15) is 0 Å². The number of hydrogen-bond donors (Lipinski definition) is 0. The van der Waals surface area contributed by atoms with Gasteiger partial charge in [0.2, 0.25) is 0 Å². The highest BCUT2D eigenvalue weighted by Crippen LogP contribution is 2.33. The summed E-state index contributed by atoms with van der Waals surface area (Å²) < 4.78 is 43.6. The van der Waals surface area contributed by atoms with Crippen molar-refractivity contribution in [2.24, 2.45) is 5.92 Å². The van der Waals surface area contributed by atoms with E-state index >= 15 is 0 Å². The molecule has 1 aliphatic rings. The van der Waals surface area contributed by atoms with Crippen molar-refractivity contribution in [3.05, 3.63) is 29.5 Å². The van der Waals surface area contributed by atoms with Crippen LogP contribution in [0.2, 0.25) is 0 Å². The fourth-order valence-corrected chi connectivity index (χ4v) is 3.37. The quantitative estimate of drug-likeness (QED) is 0.851. The number of halogens is 3. The molecule has 0 N–H and O–H groups in total. The van der Waals surface area contributed by atoms with Crippen LogP contribution in [0.15, 0.2) is 28.2 Å². The van der Waals surface area contributed by atoms with Gasteiger partial charge in [0, 0.05) is 18.5 Å². The summed E-state index contributed by atoms with van der Waals surface area (Å²) in [6.45, 7) is 1.22. The van der Waals surface area contributed by atoms with E-state index in [-0.39, 0.29) is 13.0 Å². The Labute approximate surface area is 124 Å². The van der Waals surface area contributed by atoms with E-state index in [9.17, 15) is 13.2 Å². The molecule has 1 aliphatic heterocycles. The third-order valence-electron chi connectivity index (χ3n) is 3.64. The molecule has 1 fully saturated rings. The van der Waals surface area contributed by atoms with Crippen molar-refractivity contribution in [1.29, 1.82) is 0 Å². The van der Waals surface area contributed by atoms with E-state index < -0.39 is 12.1 Å². The van der Waals surface area contributed by atoms with E-state index in [1.54, 1.807) is 12.3 Å². The Morgan fingerprint density at radius 2 is 2.29 bits per heavy atom. The number of aromatic nitrogens is 1. The number of furan rings is 1. The smallest absolute Gasteiger partial charge is 0.393 e. The normalized spacial score (nSPS) is 20.8. The van der Waals surface area contributed by atoms with Crippen LogP contribution in [0.4, 0.5) is 13.2 Å². The Morgan fingerprint density at radius 3 is 3.00 bits per heavy atom. The van der Waals surface area contributed by atoms with Crippen molar-refractivity contribution in [1.82, 2.24) is 9.88 Å². The van der Waals surface area contributed by atoms with Gasteiger partial charge in [-0.2, -0.15) is 13.2 Å². The summed E-state index contributed by atoms with van der Waals surface area (Å²) in [6.07, 6.45) is -1.71. The summed E-state index contributed by atoms with van der Waals surface area (Å²) in [5.74, 6) is -0.521. The third kappa shape index (κ3) is 3.47. The number of piperidine rings is 1. The molecular weight excluding hydrogens is 301 g/mol. The van der Waals surface area contributed by atoms with Gasteiger partial charge in [0.15, 0.2) is 10.8 Å². The Bertz CT molecular complexity index is 579. The first-order valence-corrected chi connectivity index (χ1v) is 7.67. The van der Waals surface area contributed by atoms with Gasteiger partial charge in [-0.05, 0) is 31.5 Å². The summed E-state index contributed by atoms with van der Waals surface area (Å²) in [5, 5.41) is 2.65. The lowest BCUT2D eigenvalue weighted by Gasteiger charge is -2.33. The van der Waals surface area contributed by atoms with Crippen LogP contribution in [0.1, 0.15) is 18.5 Å². The summed E-state index contributed by atoms with van der Waals surface area (Å²) >= 11 is 1.45. The SMILES string of the molecule is FC(F)(F)[C@H]1CCCN(Cc2csc(-c3ccco3)n2)C1. The number of hydrogen-bond acceptors (Lipinski definition) is 4. The lowest BCUT2D eigenvalue weighted by Crippen LogP contribution is -2.41. The minimum atomic E-state index is -4.10. The van der Waals surface area contributed by atoms with Crippen LogP contribution in [0, 0.1) is 5.92 Å². The highest BCUT2D eigenvalue weighted by molar-refractivity contribution is 7.13. The maximum atomic E-state index is 12.8. The second-order valence-electron chi connectivity index (χ2n) is 5.24. The average molecular weight is 316 g/mol. The second-order valence-corrected chi connectivity index (χ2v) is 6.10. The van der Waals surface area contributed by atoms with Crippen molar-refractivity contribution in [2.45, 2.75) is 25.6 Å². The molecule has 0 saturated carbocycles. The van der Waals surface area contributed by atoms with Gasteiger partial charge in [0.25, 0.3) is 0 Å². The van der Waals surface area contributed by atoms with Gasteiger partial charge in [-0.25, -0.2) is 4.98 Å². The van der Waals surface area contributed by atoms with E-state index in [0.29, 0.717) is 25.3 Å². The molecule has 7 heteroatoms. The van der Waals surface area contributed by atoms with Crippen LogP contribution in [0.25, 0.3) is 10.8 Å². The second kappa shape index (κ2) is 5.81. The molecule has 2 aromatic heterocycles. The van der Waals surface area contributed by atoms with E-state index in [1.807, 2.05) is 16.3 Å². The Morgan fingerprint density at radius 1 is 1.43 bits per heavy atom. The molecule has 3 rings (SSSR count). The largest absolute Gasteiger partial charge is 0.462 e. The minimum Gasteiger partial charge on any atom is -0.462 e. The molecule has 0 amide bonds. The summed E-state index contributed by atoms with van der Waals surface area (Å²) in [6, 6.07) is 3.61. The van der Waals surface area contributed by atoms with Crippen LogP contribution < -0.4 is 0 Å². The van der Waals surface area contributed by atoms with Gasteiger partial charge in [0.05, 0.1) is 17.9 Å². The maximum absolute atomic E-state index is 12.8. The fraction of sp³-hybridized carbons (Fsp3) is 0.500. The molecule has 3 nitrogen and oxygen atoms in total. The zero-order valence-corrected chi connectivity index (χ0v) is 12.1. The zero-order chi connectivity index (χ0) is 14.9. The molecule has 1 saturated heterocycles. The number of rotatable bonds is 3. The minimum absolute atomic E-state index is 0.0666. The molecule has 0 aromatic carbocycles. The van der Waals surface area contributed by atoms with Gasteiger partial charge < -0.3 is 4.42 Å². The molecule has 0 aliphatic carbocycles. The number of nitrogens with zero attached hydrogens (tertiary/aromatic N) is 2. The predicted octanol–water partition coefficient (Wildman–Crippen LogP) is 4.18. The Balaban J connectivity index is 1.64. The van der Waals surface area contributed by atoms with E-state index in [2.05, 4.69) is 4.98 Å². The van der Waals surface area contributed by atoms with Crippen LogP contribution in [-0.4, -0.2) is 29.1 Å². The first-order chi connectivity index (χ1) is 10.0. The van der Waals surface area contributed by atoms with Gasteiger partial charge in [-0.1, -0.05) is 0 Å². The first-order valence-electron chi connectivity index (χ1n) is 6.80. The highest BCUT2D eigenvalue weighted by Gasteiger charge is 2.41. The van der Waals surface area contributed by atoms with Gasteiger partial charge >= 0.3 is 6.18 Å². The van der Waals surface area contributed by atoms with E-state index in [1.165, 1.54) is 11.3 Å². The number of alkyl halides is 3. The molecule has 21 heavy (non-hydrogen) atoms. The van der Waals surface area contributed by atoms with Crippen molar-refractivity contribution in [2.75, 3.05) is 13.1 Å². The van der Waals surface area contributed by atoms with Crippen LogP contribution >= 0.6 is 11.3 Å².